The quantitative estimate of drug-likeness (QED) is 0.195. The van der Waals surface area contributed by atoms with Crippen LogP contribution in [0.15, 0.2) is 61.2 Å². The van der Waals surface area contributed by atoms with Crippen molar-refractivity contribution in [2.45, 2.75) is 51.1 Å². The number of anilines is 1. The lowest BCUT2D eigenvalue weighted by Crippen LogP contribution is -2.43. The molecule has 234 valence electrons. The highest BCUT2D eigenvalue weighted by atomic mass is 19.1. The SMILES string of the molecule is CCc1c(F)ccc2cc(O)cc(-c3ncc4c(NCc5ccc6nccn6c5)nc(OCC56CCCN5CCC6)nc4c3F)c12. The molecule has 0 radical (unpaired) electrons. The second-order valence-electron chi connectivity index (χ2n) is 12.3. The standard InChI is InChI=1S/C35H33F2N7O2/c1-2-24-27(36)7-6-22-15-23(45)16-25(29(22)24)31-30(37)32-26(18-39-31)33(40-17-21-5-8-28-38-11-14-43(28)19-21)42-34(41-32)46-20-35-9-3-12-44(35)13-4-10-35/h5-8,11,14-16,18-19,45H,2-4,9-10,12-13,17,20H2,1H3,(H,40,41,42). The number of fused-ring (bicyclic) bond motifs is 4. The Morgan fingerprint density at radius 2 is 1.89 bits per heavy atom. The largest absolute Gasteiger partial charge is 0.508 e. The van der Waals surface area contributed by atoms with E-state index in [4.69, 9.17) is 9.72 Å². The van der Waals surface area contributed by atoms with Crippen LogP contribution >= 0.6 is 0 Å². The van der Waals surface area contributed by atoms with Crippen LogP contribution in [0, 0.1) is 11.6 Å². The molecule has 0 bridgehead atoms. The number of aryl methyl sites for hydroxylation is 1. The summed E-state index contributed by atoms with van der Waals surface area (Å²) in [6.45, 7) is 4.77. The summed E-state index contributed by atoms with van der Waals surface area (Å²) in [6.07, 6.45) is 11.8. The second kappa shape index (κ2) is 11.2. The number of phenolic OH excluding ortho intramolecular Hbond substituents is 1. The molecule has 2 aliphatic heterocycles. The van der Waals surface area contributed by atoms with Crippen molar-refractivity contribution in [2.24, 2.45) is 0 Å². The van der Waals surface area contributed by atoms with Gasteiger partial charge in [0.15, 0.2) is 5.82 Å². The van der Waals surface area contributed by atoms with Crippen LogP contribution < -0.4 is 10.1 Å². The molecule has 0 spiro atoms. The third-order valence-corrected chi connectivity index (χ3v) is 9.62. The topological polar surface area (TPSA) is 101 Å². The van der Waals surface area contributed by atoms with Gasteiger partial charge in [-0.05, 0) is 91.4 Å². The number of ether oxygens (including phenoxy) is 1. The van der Waals surface area contributed by atoms with Crippen LogP contribution in [0.2, 0.25) is 0 Å². The van der Waals surface area contributed by atoms with Crippen LogP contribution in [-0.4, -0.2) is 59.6 Å². The number of nitrogens with one attached hydrogen (secondary N) is 1. The zero-order valence-corrected chi connectivity index (χ0v) is 25.4. The number of rotatable bonds is 8. The summed E-state index contributed by atoms with van der Waals surface area (Å²) < 4.78 is 39.9. The number of hydrogen-bond acceptors (Lipinski definition) is 8. The zero-order chi connectivity index (χ0) is 31.4. The Hall–Kier alpha value is -4.90. The van der Waals surface area contributed by atoms with Gasteiger partial charge in [-0.1, -0.05) is 19.1 Å². The van der Waals surface area contributed by atoms with Gasteiger partial charge < -0.3 is 19.6 Å². The maximum atomic E-state index is 16.7. The maximum Gasteiger partial charge on any atom is 0.319 e. The van der Waals surface area contributed by atoms with Crippen LogP contribution in [-0.2, 0) is 13.0 Å². The summed E-state index contributed by atoms with van der Waals surface area (Å²) >= 11 is 0. The van der Waals surface area contributed by atoms with Gasteiger partial charge >= 0.3 is 6.01 Å². The van der Waals surface area contributed by atoms with E-state index in [1.807, 2.05) is 35.9 Å². The van der Waals surface area contributed by atoms with Gasteiger partial charge in [-0.2, -0.15) is 9.97 Å². The smallest absolute Gasteiger partial charge is 0.319 e. The summed E-state index contributed by atoms with van der Waals surface area (Å²) in [5, 5.41) is 15.4. The van der Waals surface area contributed by atoms with E-state index in [0.29, 0.717) is 52.7 Å². The van der Waals surface area contributed by atoms with Crippen molar-refractivity contribution in [1.82, 2.24) is 29.2 Å². The molecule has 0 unspecified atom stereocenters. The van der Waals surface area contributed by atoms with Crippen molar-refractivity contribution in [3.05, 3.63) is 83.9 Å². The summed E-state index contributed by atoms with van der Waals surface area (Å²) in [5.74, 6) is -0.781. The number of halogens is 2. The van der Waals surface area contributed by atoms with Crippen molar-refractivity contribution < 1.29 is 18.6 Å². The molecule has 2 aliphatic rings. The van der Waals surface area contributed by atoms with Crippen LogP contribution in [0.4, 0.5) is 14.6 Å². The Labute approximate surface area is 263 Å². The highest BCUT2D eigenvalue weighted by Gasteiger charge is 2.45. The molecule has 11 heteroatoms. The average molecular weight is 622 g/mol. The first-order valence-electron chi connectivity index (χ1n) is 15.8. The van der Waals surface area contributed by atoms with E-state index < -0.39 is 11.6 Å². The number of aromatic nitrogens is 5. The van der Waals surface area contributed by atoms with Gasteiger partial charge in [0.25, 0.3) is 0 Å². The molecule has 2 N–H and O–H groups in total. The van der Waals surface area contributed by atoms with E-state index in [1.54, 1.807) is 18.3 Å². The Kier molecular flexibility index (Phi) is 6.93. The lowest BCUT2D eigenvalue weighted by molar-refractivity contribution is 0.108. The Morgan fingerprint density at radius 1 is 1.04 bits per heavy atom. The molecule has 0 aliphatic carbocycles. The fourth-order valence-corrected chi connectivity index (χ4v) is 7.37. The average Bonchev–Trinajstić information content (AvgIpc) is 3.79. The molecule has 2 fully saturated rings. The van der Waals surface area contributed by atoms with Crippen molar-refractivity contribution in [3.8, 4) is 23.0 Å². The minimum atomic E-state index is -0.702. The van der Waals surface area contributed by atoms with Gasteiger partial charge in [-0.15, -0.1) is 0 Å². The molecular formula is C35H33F2N7O2. The summed E-state index contributed by atoms with van der Waals surface area (Å²) in [5.41, 5.74) is 2.47. The minimum Gasteiger partial charge on any atom is -0.508 e. The number of imidazole rings is 1. The lowest BCUT2D eigenvalue weighted by Gasteiger charge is -2.31. The molecule has 8 rings (SSSR count). The first-order chi connectivity index (χ1) is 22.4. The molecule has 46 heavy (non-hydrogen) atoms. The Morgan fingerprint density at radius 3 is 2.72 bits per heavy atom. The van der Waals surface area contributed by atoms with Crippen molar-refractivity contribution >= 4 is 33.1 Å². The fraction of sp³-hybridized carbons (Fsp3) is 0.314. The monoisotopic (exact) mass is 621 g/mol. The highest BCUT2D eigenvalue weighted by molar-refractivity contribution is 6.01. The van der Waals surface area contributed by atoms with E-state index in [-0.39, 0.29) is 28.5 Å². The molecule has 2 aromatic carbocycles. The van der Waals surface area contributed by atoms with Crippen LogP contribution in [0.5, 0.6) is 11.8 Å². The van der Waals surface area contributed by atoms with E-state index in [2.05, 4.69) is 25.2 Å². The molecule has 4 aromatic heterocycles. The van der Waals surface area contributed by atoms with E-state index in [9.17, 15) is 9.50 Å². The Bertz CT molecular complexity index is 2120. The van der Waals surface area contributed by atoms with Crippen molar-refractivity contribution in [3.63, 3.8) is 0 Å². The summed E-state index contributed by atoms with van der Waals surface area (Å²) in [7, 11) is 0. The molecule has 6 heterocycles. The molecule has 0 saturated carbocycles. The number of nitrogens with zero attached hydrogens (tertiary/aromatic N) is 6. The number of phenols is 1. The number of aromatic hydroxyl groups is 1. The summed E-state index contributed by atoms with van der Waals surface area (Å²) in [4.78, 5) is 20.6. The molecule has 9 nitrogen and oxygen atoms in total. The number of benzene rings is 2. The van der Waals surface area contributed by atoms with Crippen LogP contribution in [0.3, 0.4) is 0 Å². The predicted molar refractivity (Wildman–Crippen MR) is 172 cm³/mol. The van der Waals surface area contributed by atoms with E-state index >= 15 is 4.39 Å². The van der Waals surface area contributed by atoms with Gasteiger partial charge in [-0.3, -0.25) is 9.88 Å². The highest BCUT2D eigenvalue weighted by Crippen LogP contribution is 2.40. The van der Waals surface area contributed by atoms with Gasteiger partial charge in [0.05, 0.1) is 10.9 Å². The second-order valence-corrected chi connectivity index (χ2v) is 12.3. The third kappa shape index (κ3) is 4.77. The third-order valence-electron chi connectivity index (χ3n) is 9.62. The number of pyridine rings is 2. The fourth-order valence-electron chi connectivity index (χ4n) is 7.37. The van der Waals surface area contributed by atoms with Crippen molar-refractivity contribution in [2.75, 3.05) is 25.0 Å². The van der Waals surface area contributed by atoms with Gasteiger partial charge in [0, 0.05) is 36.9 Å². The van der Waals surface area contributed by atoms with Crippen LogP contribution in [0.1, 0.15) is 43.7 Å². The Balaban J connectivity index is 1.24. The normalized spacial score (nSPS) is 16.1. The molecule has 2 saturated heterocycles. The van der Waals surface area contributed by atoms with Gasteiger partial charge in [0.2, 0.25) is 0 Å². The van der Waals surface area contributed by atoms with E-state index in [1.165, 1.54) is 18.3 Å². The predicted octanol–water partition coefficient (Wildman–Crippen LogP) is 6.66. The lowest BCUT2D eigenvalue weighted by atomic mass is 9.94. The van der Waals surface area contributed by atoms with Crippen LogP contribution in [0.25, 0.3) is 38.6 Å². The van der Waals surface area contributed by atoms with Crippen molar-refractivity contribution in [1.29, 1.82) is 0 Å². The van der Waals surface area contributed by atoms with Gasteiger partial charge in [-0.25, -0.2) is 13.8 Å². The molecule has 0 atom stereocenters. The molecular weight excluding hydrogens is 588 g/mol. The van der Waals surface area contributed by atoms with E-state index in [0.717, 1.165) is 50.0 Å². The minimum absolute atomic E-state index is 0.0284. The molecule has 0 amide bonds. The first-order valence-corrected chi connectivity index (χ1v) is 15.8. The first kappa shape index (κ1) is 28.6. The number of hydrogen-bond donors (Lipinski definition) is 2. The molecule has 6 aromatic rings. The van der Waals surface area contributed by atoms with Gasteiger partial charge in [0.1, 0.15) is 40.8 Å². The summed E-state index contributed by atoms with van der Waals surface area (Å²) in [6, 6.07) is 9.89. The zero-order valence-electron chi connectivity index (χ0n) is 25.4. The maximum absolute atomic E-state index is 16.7.